The van der Waals surface area contributed by atoms with Crippen molar-refractivity contribution in [2.24, 2.45) is 11.1 Å². The summed E-state index contributed by atoms with van der Waals surface area (Å²) in [4.78, 5) is 0. The summed E-state index contributed by atoms with van der Waals surface area (Å²) in [5.74, 6) is 0. The first-order valence-corrected chi connectivity index (χ1v) is 9.02. The predicted octanol–water partition coefficient (Wildman–Crippen LogP) is 4.49. The van der Waals surface area contributed by atoms with Gasteiger partial charge in [0.2, 0.25) is 0 Å². The van der Waals surface area contributed by atoms with E-state index in [1.807, 2.05) is 0 Å². The van der Waals surface area contributed by atoms with Gasteiger partial charge in [0.15, 0.2) is 0 Å². The smallest absolute Gasteiger partial charge is 0.0295 e. The fourth-order valence-electron chi connectivity index (χ4n) is 4.78. The van der Waals surface area contributed by atoms with Crippen LogP contribution in [0.25, 0.3) is 0 Å². The van der Waals surface area contributed by atoms with Crippen LogP contribution in [0.2, 0.25) is 0 Å². The Morgan fingerprint density at radius 2 is 1.50 bits per heavy atom. The minimum Gasteiger partial charge on any atom is -0.329 e. The molecule has 3 rings (SSSR count). The molecule has 0 heterocycles. The van der Waals surface area contributed by atoms with E-state index in [0.717, 1.165) is 17.2 Å². The number of hydrogen-bond donors (Lipinski definition) is 1. The zero-order valence-corrected chi connectivity index (χ0v) is 12.6. The molecule has 2 heteroatoms. The average molecular weight is 267 g/mol. The number of hydrogen-bond acceptors (Lipinski definition) is 2. The van der Waals surface area contributed by atoms with Crippen LogP contribution in [0, 0.1) is 5.41 Å². The normalized spacial score (nSPS) is 31.2. The molecule has 1 spiro atoms. The van der Waals surface area contributed by atoms with Crippen molar-refractivity contribution in [3.8, 4) is 0 Å². The topological polar surface area (TPSA) is 26.0 Å². The van der Waals surface area contributed by atoms with E-state index in [2.05, 4.69) is 11.8 Å². The van der Waals surface area contributed by atoms with Crippen molar-refractivity contribution in [3.63, 3.8) is 0 Å². The lowest BCUT2D eigenvalue weighted by atomic mass is 9.55. The third-order valence-corrected chi connectivity index (χ3v) is 7.41. The molecule has 3 fully saturated rings. The second-order valence-electron chi connectivity index (χ2n) is 7.18. The van der Waals surface area contributed by atoms with Crippen molar-refractivity contribution in [1.29, 1.82) is 0 Å². The maximum absolute atomic E-state index is 6.16. The van der Waals surface area contributed by atoms with E-state index in [1.54, 1.807) is 0 Å². The van der Waals surface area contributed by atoms with Crippen LogP contribution in [-0.2, 0) is 0 Å². The second-order valence-corrected chi connectivity index (χ2v) is 8.95. The Balaban J connectivity index is 1.56. The molecule has 3 saturated carbocycles. The first-order chi connectivity index (χ1) is 8.76. The quantitative estimate of drug-likeness (QED) is 0.815. The van der Waals surface area contributed by atoms with Crippen molar-refractivity contribution in [1.82, 2.24) is 0 Å². The van der Waals surface area contributed by atoms with Gasteiger partial charge in [-0.15, -0.1) is 0 Å². The summed E-state index contributed by atoms with van der Waals surface area (Å²) in [6, 6.07) is 0. The standard InChI is InChI=1S/C16H29NS/c17-13-16(18-14-7-3-1-4-8-14)11-15(12-16)9-5-2-6-10-15/h14H,1-13,17H2. The highest BCUT2D eigenvalue weighted by atomic mass is 32.2. The lowest BCUT2D eigenvalue weighted by Crippen LogP contribution is -2.55. The van der Waals surface area contributed by atoms with E-state index in [9.17, 15) is 0 Å². The molecule has 0 aromatic rings. The van der Waals surface area contributed by atoms with E-state index in [1.165, 1.54) is 77.0 Å². The molecule has 0 bridgehead atoms. The van der Waals surface area contributed by atoms with Crippen molar-refractivity contribution in [3.05, 3.63) is 0 Å². The van der Waals surface area contributed by atoms with Crippen molar-refractivity contribution < 1.29 is 0 Å². The van der Waals surface area contributed by atoms with Crippen molar-refractivity contribution in [2.75, 3.05) is 6.54 Å². The molecule has 3 aliphatic carbocycles. The lowest BCUT2D eigenvalue weighted by Gasteiger charge is -2.58. The Morgan fingerprint density at radius 1 is 0.889 bits per heavy atom. The zero-order valence-electron chi connectivity index (χ0n) is 11.8. The molecule has 2 N–H and O–H groups in total. The molecular weight excluding hydrogens is 238 g/mol. The van der Waals surface area contributed by atoms with Crippen LogP contribution in [0.1, 0.15) is 77.0 Å². The van der Waals surface area contributed by atoms with Crippen LogP contribution in [0.5, 0.6) is 0 Å². The summed E-state index contributed by atoms with van der Waals surface area (Å²) in [5, 5.41) is 0.934. The SMILES string of the molecule is NCC1(SC2CCCCC2)CC2(CCCCC2)C1. The largest absolute Gasteiger partial charge is 0.329 e. The van der Waals surface area contributed by atoms with E-state index in [4.69, 9.17) is 5.73 Å². The minimum atomic E-state index is 0.485. The van der Waals surface area contributed by atoms with E-state index in [0.29, 0.717) is 4.75 Å². The maximum Gasteiger partial charge on any atom is 0.0295 e. The minimum absolute atomic E-state index is 0.485. The van der Waals surface area contributed by atoms with Crippen LogP contribution in [-0.4, -0.2) is 16.5 Å². The molecule has 1 nitrogen and oxygen atoms in total. The Hall–Kier alpha value is 0.310. The summed E-state index contributed by atoms with van der Waals surface area (Å²) in [5.41, 5.74) is 6.89. The van der Waals surface area contributed by atoms with Gasteiger partial charge in [-0.05, 0) is 43.9 Å². The summed E-state index contributed by atoms with van der Waals surface area (Å²) < 4.78 is 0.485. The molecule has 18 heavy (non-hydrogen) atoms. The van der Waals surface area contributed by atoms with E-state index in [-0.39, 0.29) is 0 Å². The lowest BCUT2D eigenvalue weighted by molar-refractivity contribution is 0.0398. The molecule has 3 aliphatic rings. The highest BCUT2D eigenvalue weighted by Crippen LogP contribution is 2.62. The molecule has 0 aliphatic heterocycles. The van der Waals surface area contributed by atoms with Crippen LogP contribution < -0.4 is 5.73 Å². The van der Waals surface area contributed by atoms with Gasteiger partial charge in [0.1, 0.15) is 0 Å². The van der Waals surface area contributed by atoms with Gasteiger partial charge in [0.25, 0.3) is 0 Å². The van der Waals surface area contributed by atoms with Gasteiger partial charge < -0.3 is 5.73 Å². The zero-order chi connectivity index (χ0) is 12.5. The molecule has 0 unspecified atom stereocenters. The fourth-order valence-corrected chi connectivity index (χ4v) is 6.93. The molecule has 0 radical (unpaired) electrons. The number of thioether (sulfide) groups is 1. The molecule has 104 valence electrons. The number of rotatable bonds is 3. The van der Waals surface area contributed by atoms with Gasteiger partial charge in [-0.25, -0.2) is 0 Å². The molecule has 0 atom stereocenters. The van der Waals surface area contributed by atoms with Gasteiger partial charge in [0, 0.05) is 16.5 Å². The summed E-state index contributed by atoms with van der Waals surface area (Å²) in [6.45, 7) is 0.927. The van der Waals surface area contributed by atoms with Gasteiger partial charge >= 0.3 is 0 Å². The van der Waals surface area contributed by atoms with Gasteiger partial charge in [-0.1, -0.05) is 38.5 Å². The molecule has 0 aromatic heterocycles. The molecule has 0 saturated heterocycles. The number of nitrogens with two attached hydrogens (primary N) is 1. The molecule has 0 amide bonds. The maximum atomic E-state index is 6.16. The van der Waals surface area contributed by atoms with Crippen molar-refractivity contribution in [2.45, 2.75) is 87.0 Å². The molecular formula is C16H29NS. The third kappa shape index (κ3) is 2.60. The highest BCUT2D eigenvalue weighted by Gasteiger charge is 2.54. The van der Waals surface area contributed by atoms with Gasteiger partial charge in [0.05, 0.1) is 0 Å². The van der Waals surface area contributed by atoms with Crippen LogP contribution in [0.4, 0.5) is 0 Å². The van der Waals surface area contributed by atoms with Crippen LogP contribution >= 0.6 is 11.8 Å². The Morgan fingerprint density at radius 3 is 2.11 bits per heavy atom. The van der Waals surface area contributed by atoms with Gasteiger partial charge in [-0.3, -0.25) is 0 Å². The second kappa shape index (κ2) is 5.36. The summed E-state index contributed by atoms with van der Waals surface area (Å²) >= 11 is 2.30. The Bertz CT molecular complexity index is 263. The Labute approximate surface area is 117 Å². The first-order valence-electron chi connectivity index (χ1n) is 8.14. The monoisotopic (exact) mass is 267 g/mol. The van der Waals surface area contributed by atoms with Crippen molar-refractivity contribution >= 4 is 11.8 Å². The predicted molar refractivity (Wildman–Crippen MR) is 81.0 cm³/mol. The summed E-state index contributed by atoms with van der Waals surface area (Å²) in [7, 11) is 0. The van der Waals surface area contributed by atoms with Crippen LogP contribution in [0.15, 0.2) is 0 Å². The first kappa shape index (κ1) is 13.3. The van der Waals surface area contributed by atoms with Gasteiger partial charge in [-0.2, -0.15) is 11.8 Å². The fraction of sp³-hybridized carbons (Fsp3) is 1.00. The average Bonchev–Trinajstić information content (AvgIpc) is 2.39. The third-order valence-electron chi connectivity index (χ3n) is 5.65. The Kier molecular flexibility index (Phi) is 3.96. The highest BCUT2D eigenvalue weighted by molar-refractivity contribution is 8.01. The molecule has 0 aromatic carbocycles. The van der Waals surface area contributed by atoms with Crippen LogP contribution in [0.3, 0.4) is 0 Å². The van der Waals surface area contributed by atoms with E-state index >= 15 is 0 Å². The summed E-state index contributed by atoms with van der Waals surface area (Å²) in [6.07, 6.45) is 17.6. The van der Waals surface area contributed by atoms with E-state index < -0.39 is 0 Å².